The SMILES string of the molecule is Cc1ccc(-c2nnc(NP3(=O)OCC(C)(C)[C@H](c4ccccc4)O3)o2)cc1. The minimum Gasteiger partial charge on any atom is -0.403 e. The lowest BCUT2D eigenvalue weighted by Gasteiger charge is -2.41. The molecule has 8 heteroatoms. The number of aryl methyl sites for hydroxylation is 1. The highest BCUT2D eigenvalue weighted by Gasteiger charge is 2.46. The van der Waals surface area contributed by atoms with E-state index in [1.54, 1.807) is 0 Å². The zero-order valence-corrected chi connectivity index (χ0v) is 16.8. The molecule has 1 aromatic heterocycles. The van der Waals surface area contributed by atoms with E-state index in [9.17, 15) is 4.57 Å². The average molecular weight is 399 g/mol. The van der Waals surface area contributed by atoms with Crippen molar-refractivity contribution in [1.82, 2.24) is 10.2 Å². The van der Waals surface area contributed by atoms with Crippen LogP contribution < -0.4 is 5.09 Å². The first-order chi connectivity index (χ1) is 13.3. The smallest absolute Gasteiger partial charge is 0.403 e. The van der Waals surface area contributed by atoms with Crippen molar-refractivity contribution in [3.05, 3.63) is 65.7 Å². The van der Waals surface area contributed by atoms with Crippen molar-refractivity contribution in [3.8, 4) is 11.5 Å². The van der Waals surface area contributed by atoms with Gasteiger partial charge in [-0.1, -0.05) is 67.0 Å². The molecular formula is C20H22N3O4P. The summed E-state index contributed by atoms with van der Waals surface area (Å²) in [6.45, 7) is 6.28. The predicted octanol–water partition coefficient (Wildman–Crippen LogP) is 5.38. The van der Waals surface area contributed by atoms with Crippen LogP contribution in [-0.4, -0.2) is 16.8 Å². The number of nitrogens with zero attached hydrogens (tertiary/aromatic N) is 2. The third kappa shape index (κ3) is 3.87. The zero-order valence-electron chi connectivity index (χ0n) is 16.0. The maximum atomic E-state index is 13.2. The largest absolute Gasteiger partial charge is 0.436 e. The van der Waals surface area contributed by atoms with Crippen molar-refractivity contribution in [2.75, 3.05) is 11.7 Å². The molecule has 7 nitrogen and oxygen atoms in total. The molecule has 3 aromatic rings. The van der Waals surface area contributed by atoms with E-state index in [0.29, 0.717) is 5.89 Å². The number of nitrogens with one attached hydrogen (secondary N) is 1. The summed E-state index contributed by atoms with van der Waals surface area (Å²) < 4.78 is 30.3. The van der Waals surface area contributed by atoms with E-state index < -0.39 is 13.9 Å². The Bertz CT molecular complexity index is 1000. The van der Waals surface area contributed by atoms with Crippen molar-refractivity contribution in [2.45, 2.75) is 26.9 Å². The van der Waals surface area contributed by atoms with Crippen LogP contribution >= 0.6 is 7.75 Å². The highest BCUT2D eigenvalue weighted by atomic mass is 31.2. The van der Waals surface area contributed by atoms with Crippen LogP contribution in [0.5, 0.6) is 0 Å². The summed E-state index contributed by atoms with van der Waals surface area (Å²) in [7, 11) is -3.67. The van der Waals surface area contributed by atoms with E-state index in [1.807, 2.05) is 75.4 Å². The van der Waals surface area contributed by atoms with Gasteiger partial charge in [0.05, 0.1) is 6.61 Å². The van der Waals surface area contributed by atoms with Crippen molar-refractivity contribution < 1.29 is 18.0 Å². The molecular weight excluding hydrogens is 377 g/mol. The van der Waals surface area contributed by atoms with Crippen LogP contribution in [0.4, 0.5) is 6.01 Å². The van der Waals surface area contributed by atoms with Gasteiger partial charge in [-0.25, -0.2) is 9.65 Å². The van der Waals surface area contributed by atoms with E-state index in [1.165, 1.54) is 0 Å². The molecule has 0 radical (unpaired) electrons. The number of hydrogen-bond donors (Lipinski definition) is 1. The Morgan fingerprint density at radius 1 is 1.07 bits per heavy atom. The monoisotopic (exact) mass is 399 g/mol. The highest BCUT2D eigenvalue weighted by Crippen LogP contribution is 2.60. The zero-order chi connectivity index (χ0) is 19.8. The maximum absolute atomic E-state index is 13.2. The van der Waals surface area contributed by atoms with E-state index in [0.717, 1.165) is 16.7 Å². The molecule has 28 heavy (non-hydrogen) atoms. The van der Waals surface area contributed by atoms with Crippen LogP contribution in [0.3, 0.4) is 0 Å². The Morgan fingerprint density at radius 2 is 1.79 bits per heavy atom. The Morgan fingerprint density at radius 3 is 2.50 bits per heavy atom. The van der Waals surface area contributed by atoms with Crippen LogP contribution in [0.25, 0.3) is 11.5 Å². The summed E-state index contributed by atoms with van der Waals surface area (Å²) >= 11 is 0. The molecule has 0 amide bonds. The van der Waals surface area contributed by atoms with Crippen LogP contribution in [0, 0.1) is 12.3 Å². The molecule has 1 saturated heterocycles. The molecule has 4 rings (SSSR count). The Kier molecular flexibility index (Phi) is 4.83. The Balaban J connectivity index is 1.54. The highest BCUT2D eigenvalue weighted by molar-refractivity contribution is 7.55. The van der Waals surface area contributed by atoms with Gasteiger partial charge >= 0.3 is 13.8 Å². The third-order valence-electron chi connectivity index (χ3n) is 4.62. The summed E-state index contributed by atoms with van der Waals surface area (Å²) in [6, 6.07) is 17.3. The summed E-state index contributed by atoms with van der Waals surface area (Å²) in [5, 5.41) is 10.6. The molecule has 2 aromatic carbocycles. The normalized spacial score (nSPS) is 24.0. The lowest BCUT2D eigenvalue weighted by molar-refractivity contribution is -0.0250. The quantitative estimate of drug-likeness (QED) is 0.590. The first-order valence-electron chi connectivity index (χ1n) is 9.01. The van der Waals surface area contributed by atoms with E-state index in [2.05, 4.69) is 15.3 Å². The Hall–Kier alpha value is -2.47. The molecule has 2 atom stereocenters. The molecule has 1 N–H and O–H groups in total. The number of benzene rings is 2. The van der Waals surface area contributed by atoms with Gasteiger partial charge in [-0.3, -0.25) is 9.05 Å². The van der Waals surface area contributed by atoms with E-state index in [4.69, 9.17) is 13.5 Å². The van der Waals surface area contributed by atoms with Crippen LogP contribution in [0.15, 0.2) is 59.0 Å². The van der Waals surface area contributed by atoms with Gasteiger partial charge in [-0.15, -0.1) is 5.10 Å². The molecule has 0 bridgehead atoms. The summed E-state index contributed by atoms with van der Waals surface area (Å²) in [5.41, 5.74) is 2.49. The van der Waals surface area contributed by atoms with Crippen LogP contribution in [0.1, 0.15) is 31.1 Å². The fourth-order valence-electron chi connectivity index (χ4n) is 3.04. The third-order valence-corrected chi connectivity index (χ3v) is 6.04. The molecule has 0 spiro atoms. The number of aromatic nitrogens is 2. The van der Waals surface area contributed by atoms with Gasteiger partial charge in [0.1, 0.15) is 6.10 Å². The standard InChI is InChI=1S/C20H22N3O4P/c1-14-9-11-16(12-10-14)18-21-22-19(26-18)23-28(24)25-13-20(2,3)17(27-28)15-7-5-4-6-8-15/h4-12,17H,13H2,1-3H3,(H,22,23,24)/t17-,28?/m0/s1. The van der Waals surface area contributed by atoms with Gasteiger partial charge in [-0.05, 0) is 24.6 Å². The number of rotatable bonds is 4. The topological polar surface area (TPSA) is 86.5 Å². The summed E-state index contributed by atoms with van der Waals surface area (Å²) in [6.07, 6.45) is -0.403. The first-order valence-corrected chi connectivity index (χ1v) is 10.6. The fourth-order valence-corrected chi connectivity index (χ4v) is 4.73. The minimum atomic E-state index is -3.67. The second-order valence-electron chi connectivity index (χ2n) is 7.55. The van der Waals surface area contributed by atoms with Gasteiger partial charge in [0.15, 0.2) is 0 Å². The van der Waals surface area contributed by atoms with Gasteiger partial charge in [0.25, 0.3) is 0 Å². The molecule has 1 fully saturated rings. The molecule has 146 valence electrons. The van der Waals surface area contributed by atoms with Crippen LogP contribution in [-0.2, 0) is 13.6 Å². The summed E-state index contributed by atoms with van der Waals surface area (Å²) in [5.74, 6) is 0.325. The molecule has 0 saturated carbocycles. The lowest BCUT2D eigenvalue weighted by atomic mass is 9.83. The van der Waals surface area contributed by atoms with Crippen molar-refractivity contribution in [3.63, 3.8) is 0 Å². The summed E-state index contributed by atoms with van der Waals surface area (Å²) in [4.78, 5) is 0. The first kappa shape index (κ1) is 18.9. The fraction of sp³-hybridized carbons (Fsp3) is 0.300. The Labute approximate surface area is 163 Å². The van der Waals surface area contributed by atoms with Crippen molar-refractivity contribution in [2.24, 2.45) is 5.41 Å². The van der Waals surface area contributed by atoms with Gasteiger partial charge < -0.3 is 4.42 Å². The molecule has 2 heterocycles. The maximum Gasteiger partial charge on any atom is 0.436 e. The second-order valence-corrected chi connectivity index (χ2v) is 9.23. The van der Waals surface area contributed by atoms with Crippen molar-refractivity contribution in [1.29, 1.82) is 0 Å². The van der Waals surface area contributed by atoms with Gasteiger partial charge in [0.2, 0.25) is 5.89 Å². The number of anilines is 1. The number of hydrogen-bond acceptors (Lipinski definition) is 6. The average Bonchev–Trinajstić information content (AvgIpc) is 3.13. The van der Waals surface area contributed by atoms with Gasteiger partial charge in [0, 0.05) is 11.0 Å². The molecule has 1 aliphatic rings. The second kappa shape index (κ2) is 7.17. The lowest BCUT2D eigenvalue weighted by Crippen LogP contribution is -2.34. The van der Waals surface area contributed by atoms with E-state index >= 15 is 0 Å². The molecule has 0 aliphatic carbocycles. The predicted molar refractivity (Wildman–Crippen MR) is 106 cm³/mol. The van der Waals surface area contributed by atoms with Crippen molar-refractivity contribution >= 4 is 13.8 Å². The molecule has 1 unspecified atom stereocenters. The minimum absolute atomic E-state index is 0.00886. The molecule has 1 aliphatic heterocycles. The van der Waals surface area contributed by atoms with Gasteiger partial charge in [-0.2, -0.15) is 0 Å². The van der Waals surface area contributed by atoms with E-state index in [-0.39, 0.29) is 18.0 Å². The van der Waals surface area contributed by atoms with Crippen LogP contribution in [0.2, 0.25) is 0 Å².